The molecule has 0 saturated heterocycles. The van der Waals surface area contributed by atoms with Crippen molar-refractivity contribution in [3.8, 4) is 11.6 Å². The summed E-state index contributed by atoms with van der Waals surface area (Å²) >= 11 is 17.7. The van der Waals surface area contributed by atoms with Crippen LogP contribution in [0.1, 0.15) is 10.4 Å². The topological polar surface area (TPSA) is 59.4 Å². The summed E-state index contributed by atoms with van der Waals surface area (Å²) in [5.41, 5.74) is -0.0328. The van der Waals surface area contributed by atoms with Gasteiger partial charge < -0.3 is 9.84 Å². The highest BCUT2D eigenvalue weighted by Gasteiger charge is 2.12. The van der Waals surface area contributed by atoms with Gasteiger partial charge in [-0.15, -0.1) is 0 Å². The van der Waals surface area contributed by atoms with Crippen LogP contribution in [0.25, 0.3) is 0 Å². The number of rotatable bonds is 3. The molecule has 0 fully saturated rings. The van der Waals surface area contributed by atoms with Gasteiger partial charge in [-0.05, 0) is 18.2 Å². The van der Waals surface area contributed by atoms with Gasteiger partial charge in [0.25, 0.3) is 0 Å². The summed E-state index contributed by atoms with van der Waals surface area (Å²) in [4.78, 5) is 14.6. The van der Waals surface area contributed by atoms with E-state index in [1.807, 2.05) is 0 Å². The maximum Gasteiger partial charge on any atom is 0.337 e. The Kier molecular flexibility index (Phi) is 4.14. The van der Waals surface area contributed by atoms with E-state index in [2.05, 4.69) is 4.98 Å². The van der Waals surface area contributed by atoms with Gasteiger partial charge in [0.05, 0.1) is 10.6 Å². The van der Waals surface area contributed by atoms with Crippen molar-refractivity contribution in [1.82, 2.24) is 4.98 Å². The Morgan fingerprint density at radius 1 is 1.21 bits per heavy atom. The van der Waals surface area contributed by atoms with Crippen LogP contribution in [0.15, 0.2) is 30.5 Å². The van der Waals surface area contributed by atoms with Crippen LogP contribution in [0.2, 0.25) is 15.1 Å². The van der Waals surface area contributed by atoms with Gasteiger partial charge in [-0.1, -0.05) is 40.9 Å². The molecular formula is C12H6Cl3NO3. The van der Waals surface area contributed by atoms with Gasteiger partial charge in [0.1, 0.15) is 15.8 Å². The molecule has 2 aromatic rings. The zero-order chi connectivity index (χ0) is 14.0. The number of pyridine rings is 1. The second-order valence-electron chi connectivity index (χ2n) is 3.47. The first-order chi connectivity index (χ1) is 8.99. The van der Waals surface area contributed by atoms with Crippen molar-refractivity contribution in [2.75, 3.05) is 0 Å². The predicted octanol–water partition coefficient (Wildman–Crippen LogP) is 4.53. The summed E-state index contributed by atoms with van der Waals surface area (Å²) in [7, 11) is 0. The Labute approximate surface area is 123 Å². The first kappa shape index (κ1) is 13.9. The highest BCUT2D eigenvalue weighted by Crippen LogP contribution is 2.36. The van der Waals surface area contributed by atoms with E-state index in [0.29, 0.717) is 5.02 Å². The Morgan fingerprint density at radius 2 is 1.95 bits per heavy atom. The molecule has 0 saturated carbocycles. The van der Waals surface area contributed by atoms with Crippen LogP contribution in [0, 0.1) is 0 Å². The molecule has 1 aromatic heterocycles. The van der Waals surface area contributed by atoms with Gasteiger partial charge in [-0.3, -0.25) is 0 Å². The number of benzene rings is 1. The van der Waals surface area contributed by atoms with Crippen LogP contribution in [0.4, 0.5) is 0 Å². The molecule has 1 N–H and O–H groups in total. The molecule has 0 aliphatic carbocycles. The molecule has 98 valence electrons. The van der Waals surface area contributed by atoms with Crippen molar-refractivity contribution in [3.05, 3.63) is 51.1 Å². The van der Waals surface area contributed by atoms with E-state index in [-0.39, 0.29) is 27.2 Å². The normalized spacial score (nSPS) is 10.3. The minimum Gasteiger partial charge on any atom is -0.478 e. The molecule has 0 atom stereocenters. The smallest absolute Gasteiger partial charge is 0.337 e. The van der Waals surface area contributed by atoms with Crippen LogP contribution in [-0.4, -0.2) is 16.1 Å². The third-order valence-corrected chi connectivity index (χ3v) is 3.25. The van der Waals surface area contributed by atoms with Gasteiger partial charge in [-0.25, -0.2) is 9.78 Å². The molecule has 0 bridgehead atoms. The summed E-state index contributed by atoms with van der Waals surface area (Å²) in [6, 6.07) is 6.10. The molecule has 0 aliphatic heterocycles. The summed E-state index contributed by atoms with van der Waals surface area (Å²) in [5, 5.41) is 9.42. The molecule has 0 unspecified atom stereocenters. The number of halogens is 3. The van der Waals surface area contributed by atoms with E-state index in [0.717, 1.165) is 6.20 Å². The lowest BCUT2D eigenvalue weighted by atomic mass is 10.3. The molecule has 1 aromatic carbocycles. The lowest BCUT2D eigenvalue weighted by Gasteiger charge is -2.09. The Morgan fingerprint density at radius 3 is 2.58 bits per heavy atom. The largest absolute Gasteiger partial charge is 0.478 e. The average Bonchev–Trinajstić information content (AvgIpc) is 2.37. The van der Waals surface area contributed by atoms with E-state index in [1.54, 1.807) is 18.2 Å². The van der Waals surface area contributed by atoms with Crippen molar-refractivity contribution < 1.29 is 14.6 Å². The minimum atomic E-state index is -1.12. The molecule has 0 aliphatic rings. The highest BCUT2D eigenvalue weighted by atomic mass is 35.5. The fourth-order valence-electron chi connectivity index (χ4n) is 1.28. The number of carboxylic acid groups (broad SMARTS) is 1. The van der Waals surface area contributed by atoms with Crippen LogP contribution in [0.5, 0.6) is 11.6 Å². The van der Waals surface area contributed by atoms with Gasteiger partial charge in [0.2, 0.25) is 5.88 Å². The second-order valence-corrected chi connectivity index (χ2v) is 4.66. The number of carboxylic acids is 1. The highest BCUT2D eigenvalue weighted by molar-refractivity contribution is 6.43. The zero-order valence-electron chi connectivity index (χ0n) is 9.23. The van der Waals surface area contributed by atoms with Gasteiger partial charge in [-0.2, -0.15) is 0 Å². The minimum absolute atomic E-state index is 0.0328. The third kappa shape index (κ3) is 3.10. The standard InChI is InChI=1S/C12H6Cl3NO3/c13-7-2-1-3-9(10(7)15)19-11-8(14)4-6(5-16-11)12(17)18/h1-5H,(H,17,18). The van der Waals surface area contributed by atoms with E-state index in [9.17, 15) is 4.79 Å². The Hall–Kier alpha value is -1.49. The number of carbonyl (C=O) groups is 1. The summed E-state index contributed by atoms with van der Waals surface area (Å²) < 4.78 is 5.40. The van der Waals surface area contributed by atoms with Crippen LogP contribution < -0.4 is 4.74 Å². The molecule has 2 rings (SSSR count). The van der Waals surface area contributed by atoms with Crippen LogP contribution in [0.3, 0.4) is 0 Å². The van der Waals surface area contributed by atoms with E-state index in [4.69, 9.17) is 44.6 Å². The molecule has 0 amide bonds. The van der Waals surface area contributed by atoms with Crippen LogP contribution >= 0.6 is 34.8 Å². The Bertz CT molecular complexity index is 646. The van der Waals surface area contributed by atoms with Crippen molar-refractivity contribution in [1.29, 1.82) is 0 Å². The first-order valence-corrected chi connectivity index (χ1v) is 6.13. The van der Waals surface area contributed by atoms with Crippen LogP contribution in [-0.2, 0) is 0 Å². The van der Waals surface area contributed by atoms with E-state index in [1.165, 1.54) is 6.07 Å². The molecule has 19 heavy (non-hydrogen) atoms. The van der Waals surface area contributed by atoms with Gasteiger partial charge >= 0.3 is 5.97 Å². The summed E-state index contributed by atoms with van der Waals surface area (Å²) in [6.45, 7) is 0. The maximum atomic E-state index is 10.7. The van der Waals surface area contributed by atoms with Gasteiger partial charge in [0.15, 0.2) is 0 Å². The lowest BCUT2D eigenvalue weighted by Crippen LogP contribution is -1.98. The summed E-state index contributed by atoms with van der Waals surface area (Å²) in [6.07, 6.45) is 1.14. The molecular weight excluding hydrogens is 312 g/mol. The summed E-state index contributed by atoms with van der Waals surface area (Å²) in [5.74, 6) is -0.788. The first-order valence-electron chi connectivity index (χ1n) is 4.99. The zero-order valence-corrected chi connectivity index (χ0v) is 11.5. The number of aromatic nitrogens is 1. The number of hydrogen-bond donors (Lipinski definition) is 1. The molecule has 0 spiro atoms. The quantitative estimate of drug-likeness (QED) is 0.903. The Balaban J connectivity index is 2.34. The van der Waals surface area contributed by atoms with Crippen molar-refractivity contribution in [3.63, 3.8) is 0 Å². The SMILES string of the molecule is O=C(O)c1cnc(Oc2cccc(Cl)c2Cl)c(Cl)c1. The van der Waals surface area contributed by atoms with E-state index >= 15 is 0 Å². The second kappa shape index (κ2) is 5.65. The average molecular weight is 319 g/mol. The number of aromatic carboxylic acids is 1. The fourth-order valence-corrected chi connectivity index (χ4v) is 1.82. The number of hydrogen-bond acceptors (Lipinski definition) is 3. The molecule has 0 radical (unpaired) electrons. The van der Waals surface area contributed by atoms with Crippen molar-refractivity contribution in [2.24, 2.45) is 0 Å². The number of ether oxygens (including phenoxy) is 1. The maximum absolute atomic E-state index is 10.7. The van der Waals surface area contributed by atoms with Crippen molar-refractivity contribution >= 4 is 40.8 Å². The van der Waals surface area contributed by atoms with Gasteiger partial charge in [0, 0.05) is 6.20 Å². The fraction of sp³-hybridized carbons (Fsp3) is 0. The van der Waals surface area contributed by atoms with Crippen molar-refractivity contribution in [2.45, 2.75) is 0 Å². The lowest BCUT2D eigenvalue weighted by molar-refractivity contribution is 0.0696. The molecule has 1 heterocycles. The number of nitrogens with zero attached hydrogens (tertiary/aromatic N) is 1. The molecule has 4 nitrogen and oxygen atoms in total. The third-order valence-electron chi connectivity index (χ3n) is 2.18. The van der Waals surface area contributed by atoms with E-state index < -0.39 is 5.97 Å². The monoisotopic (exact) mass is 317 g/mol. The predicted molar refractivity (Wildman–Crippen MR) is 72.7 cm³/mol. The molecule has 7 heteroatoms.